The van der Waals surface area contributed by atoms with Crippen molar-refractivity contribution in [1.29, 1.82) is 0 Å². The average molecular weight is 256 g/mol. The molecule has 1 atom stereocenters. The lowest BCUT2D eigenvalue weighted by Gasteiger charge is -2.34. The van der Waals surface area contributed by atoms with E-state index in [0.29, 0.717) is 16.9 Å². The van der Waals surface area contributed by atoms with Crippen molar-refractivity contribution in [3.8, 4) is 0 Å². The van der Waals surface area contributed by atoms with Gasteiger partial charge in [0.15, 0.2) is 0 Å². The van der Waals surface area contributed by atoms with Crippen molar-refractivity contribution in [3.05, 3.63) is 17.0 Å². The highest BCUT2D eigenvalue weighted by Crippen LogP contribution is 2.25. The first-order chi connectivity index (χ1) is 8.06. The predicted molar refractivity (Wildman–Crippen MR) is 68.4 cm³/mol. The lowest BCUT2D eigenvalue weighted by molar-refractivity contribution is 0.110. The second-order valence-corrected chi connectivity index (χ2v) is 5.05. The normalized spacial score (nSPS) is 19.4. The van der Waals surface area contributed by atoms with Crippen LogP contribution in [0.5, 0.6) is 0 Å². The lowest BCUT2D eigenvalue weighted by Crippen LogP contribution is -2.37. The summed E-state index contributed by atoms with van der Waals surface area (Å²) in [6.07, 6.45) is 1.78. The Kier molecular flexibility index (Phi) is 3.84. The van der Waals surface area contributed by atoms with Crippen molar-refractivity contribution in [1.82, 2.24) is 9.97 Å². The van der Waals surface area contributed by atoms with Gasteiger partial charge in [-0.15, -0.1) is 0 Å². The monoisotopic (exact) mass is 255 g/mol. The molecule has 0 radical (unpaired) electrons. The van der Waals surface area contributed by atoms with Gasteiger partial charge in [0.05, 0.1) is 6.10 Å². The van der Waals surface area contributed by atoms with Crippen LogP contribution in [0.25, 0.3) is 0 Å². The third-order valence-electron chi connectivity index (χ3n) is 3.34. The fraction of sp³-hybridized carbons (Fsp3) is 0.667. The van der Waals surface area contributed by atoms with Crippen LogP contribution in [0.1, 0.15) is 25.6 Å². The molecule has 4 nitrogen and oxygen atoms in total. The number of anilines is 1. The van der Waals surface area contributed by atoms with Crippen molar-refractivity contribution in [3.63, 3.8) is 0 Å². The highest BCUT2D eigenvalue weighted by Gasteiger charge is 2.23. The van der Waals surface area contributed by atoms with E-state index in [4.69, 9.17) is 11.6 Å². The molecule has 2 heterocycles. The van der Waals surface area contributed by atoms with Crippen molar-refractivity contribution < 1.29 is 5.11 Å². The van der Waals surface area contributed by atoms with Crippen LogP contribution in [0.15, 0.2) is 6.07 Å². The van der Waals surface area contributed by atoms with Crippen LogP contribution < -0.4 is 4.90 Å². The Bertz CT molecular complexity index is 369. The number of aromatic nitrogens is 2. The van der Waals surface area contributed by atoms with E-state index in [1.54, 1.807) is 6.07 Å². The van der Waals surface area contributed by atoms with E-state index in [9.17, 15) is 5.11 Å². The van der Waals surface area contributed by atoms with Gasteiger partial charge in [-0.1, -0.05) is 11.6 Å². The molecule has 1 unspecified atom stereocenters. The Morgan fingerprint density at radius 1 is 1.41 bits per heavy atom. The number of aryl methyl sites for hydroxylation is 1. The second kappa shape index (κ2) is 5.19. The third kappa shape index (κ3) is 3.07. The Balaban J connectivity index is 2.05. The molecule has 17 heavy (non-hydrogen) atoms. The quantitative estimate of drug-likeness (QED) is 0.822. The van der Waals surface area contributed by atoms with Crippen LogP contribution in [0.4, 0.5) is 5.82 Å². The van der Waals surface area contributed by atoms with Gasteiger partial charge < -0.3 is 10.0 Å². The molecule has 0 aliphatic carbocycles. The van der Waals surface area contributed by atoms with Gasteiger partial charge >= 0.3 is 0 Å². The van der Waals surface area contributed by atoms with E-state index in [1.165, 1.54) is 0 Å². The molecule has 94 valence electrons. The number of aliphatic hydroxyl groups is 1. The summed E-state index contributed by atoms with van der Waals surface area (Å²) in [5.74, 6) is 2.00. The molecular weight excluding hydrogens is 238 g/mol. The topological polar surface area (TPSA) is 49.2 Å². The summed E-state index contributed by atoms with van der Waals surface area (Å²) in [6.45, 7) is 5.55. The van der Waals surface area contributed by atoms with Gasteiger partial charge in [-0.2, -0.15) is 0 Å². The molecule has 0 aromatic carbocycles. The Morgan fingerprint density at radius 3 is 2.59 bits per heavy atom. The zero-order valence-electron chi connectivity index (χ0n) is 10.2. The van der Waals surface area contributed by atoms with Crippen LogP contribution in [0.2, 0.25) is 5.15 Å². The van der Waals surface area contributed by atoms with E-state index >= 15 is 0 Å². The fourth-order valence-electron chi connectivity index (χ4n) is 2.29. The zero-order valence-corrected chi connectivity index (χ0v) is 11.0. The van der Waals surface area contributed by atoms with E-state index in [2.05, 4.69) is 14.9 Å². The molecule has 5 heteroatoms. The molecule has 1 N–H and O–H groups in total. The highest BCUT2D eigenvalue weighted by atomic mass is 35.5. The largest absolute Gasteiger partial charge is 0.393 e. The first-order valence-corrected chi connectivity index (χ1v) is 6.38. The number of piperidine rings is 1. The van der Waals surface area contributed by atoms with Gasteiger partial charge in [0.25, 0.3) is 0 Å². The molecule has 2 rings (SSSR count). The number of halogens is 1. The number of hydrogen-bond donors (Lipinski definition) is 1. The minimum atomic E-state index is -0.215. The molecule has 1 fully saturated rings. The molecule has 0 amide bonds. The Labute approximate surface area is 107 Å². The van der Waals surface area contributed by atoms with E-state index < -0.39 is 0 Å². The summed E-state index contributed by atoms with van der Waals surface area (Å²) in [6, 6.07) is 1.80. The minimum Gasteiger partial charge on any atom is -0.393 e. The average Bonchev–Trinajstić information content (AvgIpc) is 2.28. The molecule has 1 aromatic rings. The summed E-state index contributed by atoms with van der Waals surface area (Å²) >= 11 is 5.93. The summed E-state index contributed by atoms with van der Waals surface area (Å²) in [5.41, 5.74) is 0. The maximum atomic E-state index is 9.56. The van der Waals surface area contributed by atoms with Gasteiger partial charge in [0.2, 0.25) is 0 Å². The zero-order chi connectivity index (χ0) is 12.4. The number of rotatable bonds is 2. The maximum absolute atomic E-state index is 9.56. The van der Waals surface area contributed by atoms with Crippen molar-refractivity contribution in [2.75, 3.05) is 18.0 Å². The van der Waals surface area contributed by atoms with Gasteiger partial charge in [0, 0.05) is 19.2 Å². The molecule has 1 aromatic heterocycles. The van der Waals surface area contributed by atoms with E-state index in [-0.39, 0.29) is 6.10 Å². The van der Waals surface area contributed by atoms with Gasteiger partial charge in [-0.05, 0) is 32.6 Å². The van der Waals surface area contributed by atoms with Crippen LogP contribution in [0.3, 0.4) is 0 Å². The molecule has 1 saturated heterocycles. The molecule has 0 bridgehead atoms. The minimum absolute atomic E-state index is 0.215. The lowest BCUT2D eigenvalue weighted by atomic mass is 9.92. The third-order valence-corrected chi connectivity index (χ3v) is 3.53. The fourth-order valence-corrected chi connectivity index (χ4v) is 2.51. The van der Waals surface area contributed by atoms with E-state index in [1.807, 2.05) is 13.8 Å². The number of nitrogens with zero attached hydrogens (tertiary/aromatic N) is 3. The summed E-state index contributed by atoms with van der Waals surface area (Å²) in [7, 11) is 0. The highest BCUT2D eigenvalue weighted by molar-refractivity contribution is 6.29. The number of aliphatic hydroxyl groups excluding tert-OH is 1. The van der Waals surface area contributed by atoms with Gasteiger partial charge in [-0.3, -0.25) is 0 Å². The van der Waals surface area contributed by atoms with Crippen LogP contribution >= 0.6 is 11.6 Å². The summed E-state index contributed by atoms with van der Waals surface area (Å²) in [5, 5.41) is 10.0. The summed E-state index contributed by atoms with van der Waals surface area (Å²) in [4.78, 5) is 10.7. The van der Waals surface area contributed by atoms with Gasteiger partial charge in [0.1, 0.15) is 16.8 Å². The summed E-state index contributed by atoms with van der Waals surface area (Å²) < 4.78 is 0. The van der Waals surface area contributed by atoms with Crippen molar-refractivity contribution >= 4 is 17.4 Å². The smallest absolute Gasteiger partial charge is 0.134 e. The van der Waals surface area contributed by atoms with Crippen LogP contribution in [-0.4, -0.2) is 34.3 Å². The first-order valence-electron chi connectivity index (χ1n) is 6.00. The van der Waals surface area contributed by atoms with Crippen LogP contribution in [0, 0.1) is 12.8 Å². The Morgan fingerprint density at radius 2 is 2.06 bits per heavy atom. The molecule has 0 spiro atoms. The molecule has 0 saturated carbocycles. The van der Waals surface area contributed by atoms with Crippen molar-refractivity contribution in [2.24, 2.45) is 5.92 Å². The first kappa shape index (κ1) is 12.6. The standard InChI is InChI=1S/C12H18ClN3O/c1-8(17)10-3-5-16(6-4-10)12-7-11(13)14-9(2)15-12/h7-8,10,17H,3-6H2,1-2H3. The van der Waals surface area contributed by atoms with Crippen LogP contribution in [-0.2, 0) is 0 Å². The van der Waals surface area contributed by atoms with Crippen molar-refractivity contribution in [2.45, 2.75) is 32.8 Å². The predicted octanol–water partition coefficient (Wildman–Crippen LogP) is 2.04. The molecular formula is C12H18ClN3O. The molecule has 1 aliphatic rings. The maximum Gasteiger partial charge on any atom is 0.134 e. The SMILES string of the molecule is Cc1nc(Cl)cc(N2CCC(C(C)O)CC2)n1. The number of hydrogen-bond acceptors (Lipinski definition) is 4. The van der Waals surface area contributed by atoms with E-state index in [0.717, 1.165) is 31.7 Å². The second-order valence-electron chi connectivity index (χ2n) is 4.66. The molecule has 1 aliphatic heterocycles. The van der Waals surface area contributed by atoms with Gasteiger partial charge in [-0.25, -0.2) is 9.97 Å². The Hall–Kier alpha value is -0.870.